The van der Waals surface area contributed by atoms with Gasteiger partial charge in [-0.3, -0.25) is 52.7 Å². The van der Waals surface area contributed by atoms with E-state index in [1.807, 2.05) is 24.3 Å². The van der Waals surface area contributed by atoms with Crippen LogP contribution in [0.5, 0.6) is 5.75 Å². The Bertz CT molecular complexity index is 4140. The molecule has 5 fully saturated rings. The number of carboxylic acids is 1. The largest absolute Gasteiger partial charge is 0.508 e. The Morgan fingerprint density at radius 3 is 1.97 bits per heavy atom. The number of carboxylic acid groups (broad SMARTS) is 1. The summed E-state index contributed by atoms with van der Waals surface area (Å²) in [4.78, 5) is 170. The minimum Gasteiger partial charge on any atom is -0.508 e. The Morgan fingerprint density at radius 2 is 1.29 bits per heavy atom. The number of H-pyrrole nitrogens is 1. The van der Waals surface area contributed by atoms with Gasteiger partial charge >= 0.3 is 5.97 Å². The first-order valence-corrected chi connectivity index (χ1v) is 44.2. The number of fused-ring (bicyclic) bond motifs is 5. The van der Waals surface area contributed by atoms with Crippen LogP contribution in [-0.2, 0) is 82.5 Å². The van der Waals surface area contributed by atoms with Gasteiger partial charge in [0.15, 0.2) is 0 Å². The number of aromatic nitrogens is 2. The van der Waals surface area contributed by atoms with E-state index in [4.69, 9.17) is 11.5 Å². The number of aromatic amines is 1. The smallest absolute Gasteiger partial charge is 0.305 e. The van der Waals surface area contributed by atoms with Crippen LogP contribution in [0.1, 0.15) is 188 Å². The molecule has 5 heterocycles. The number of carbonyl (C=O) groups excluding carboxylic acids is 10. The van der Waals surface area contributed by atoms with E-state index in [9.17, 15) is 34.2 Å². The van der Waals surface area contributed by atoms with Gasteiger partial charge in [-0.1, -0.05) is 101 Å². The normalized spacial score (nSPS) is 29.2. The van der Waals surface area contributed by atoms with Crippen molar-refractivity contribution in [2.24, 2.45) is 34.6 Å². The molecule has 3 saturated carbocycles. The molecule has 0 radical (unpaired) electrons. The number of phenols is 1. The Hall–Kier alpha value is -9.02. The van der Waals surface area contributed by atoms with E-state index in [2.05, 4.69) is 63.1 Å². The lowest BCUT2D eigenvalue weighted by atomic mass is 9.55. The number of amides is 10. The minimum atomic E-state index is -3.70. The second-order valence-electron chi connectivity index (χ2n) is 33.3. The third-order valence-corrected chi connectivity index (χ3v) is 27.2. The number of anilines is 1. The first-order chi connectivity index (χ1) is 56.7. The number of halogens is 4. The van der Waals surface area contributed by atoms with Crippen LogP contribution in [-0.4, -0.2) is 201 Å². The number of imidazole rings is 1. The molecular weight excluding hydrogens is 1570 g/mol. The number of aliphatic carboxylic acids is 1. The lowest BCUT2D eigenvalue weighted by Crippen LogP contribution is -2.61. The molecule has 11 rings (SSSR count). The maximum Gasteiger partial charge on any atom is 0.305 e. The highest BCUT2D eigenvalue weighted by Gasteiger charge is 2.58. The maximum absolute atomic E-state index is 16.7. The van der Waals surface area contributed by atoms with Crippen molar-refractivity contribution in [3.8, 4) is 5.75 Å². The van der Waals surface area contributed by atoms with Gasteiger partial charge in [-0.15, -0.1) is 0 Å². The van der Waals surface area contributed by atoms with Crippen LogP contribution in [0.15, 0.2) is 79.3 Å². The molecular formula is C84H115F4N15O13S2. The van der Waals surface area contributed by atoms with E-state index in [1.165, 1.54) is 72.4 Å². The van der Waals surface area contributed by atoms with Gasteiger partial charge in [0, 0.05) is 84.3 Å². The van der Waals surface area contributed by atoms with Crippen LogP contribution in [0.2, 0.25) is 0 Å². The zero-order valence-corrected chi connectivity index (χ0v) is 68.4. The Labute approximate surface area is 693 Å². The standard InChI is InChI=1S/C84H115F4N15O13S2/c85-56-23-27-61-60(35-56)82(47-94-61,53-16-7-3-1-4-8-17-53)39-67-79(114)98-63(34-55-41-92-70-28-24-57(86)38-84(55,70)54-18-9-5-2-6-10-19-54)76(111)100-65(37-73(107)108)78(113)99-64(36-58-42-91-49-95-58)77(112)101-66(33-50-21-25-59(104)26-22-50)81(116)103-48-83(87,88)40-69(103)80(115)102-68(74(90)109)46-118-45-52-15-13-14-51(32-52)44-117-31-29-71(105)96-62(20-11-12-30-89)75(110)93-43-72(106)97-67/h13-15,21-23,25-27,32,35,42,49,53-55,57,62-70,92,94,104H,1-12,16-20,24,28-31,33-34,36-41,43-48,89H2,(H2,90,109)(H,91,95)(H,93,110)(H,96,105)(H,97,106)(H,98,114)(H,99,113)(H,100,111)(H,101,112)(H,102,115)(H,107,108)/t55?,57?,62-,63-,64-,65-,66-,67-,68-,69-,70?,82?,84?/m0/s1. The van der Waals surface area contributed by atoms with Crippen LogP contribution >= 0.6 is 23.5 Å². The number of hydrogen-bond acceptors (Lipinski definition) is 18. The van der Waals surface area contributed by atoms with Crippen molar-refractivity contribution in [1.82, 2.24) is 62.7 Å². The zero-order chi connectivity index (χ0) is 84.1. The summed E-state index contributed by atoms with van der Waals surface area (Å²) in [5.74, 6) is -15.8. The third kappa shape index (κ3) is 24.0. The van der Waals surface area contributed by atoms with E-state index < -0.39 is 187 Å². The van der Waals surface area contributed by atoms with E-state index in [1.54, 1.807) is 6.07 Å². The van der Waals surface area contributed by atoms with Crippen LogP contribution in [0.4, 0.5) is 23.2 Å². The number of alkyl halides is 3. The maximum atomic E-state index is 16.7. The number of unbranched alkanes of at least 4 members (excludes halogenated alkanes) is 1. The van der Waals surface area contributed by atoms with E-state index in [0.717, 1.165) is 88.2 Å². The molecule has 5 unspecified atom stereocenters. The number of aromatic hydroxyl groups is 1. The number of nitrogens with zero attached hydrogens (tertiary/aromatic N) is 2. The molecule has 0 spiro atoms. The molecule has 17 N–H and O–H groups in total. The van der Waals surface area contributed by atoms with Gasteiger partial charge in [0.1, 0.15) is 66.1 Å². The number of hydrogen-bond donors (Lipinski definition) is 15. The molecule has 4 aromatic rings. The predicted octanol–water partition coefficient (Wildman–Crippen LogP) is 6.41. The highest BCUT2D eigenvalue weighted by molar-refractivity contribution is 7.98. The van der Waals surface area contributed by atoms with E-state index in [0.29, 0.717) is 66.3 Å². The average molecular weight is 1680 g/mol. The SMILES string of the molecule is NCCCC[C@@H]1NC(=O)CCSCc2cccc(c2)CSC[C@@H](C(N)=O)NC(=O)[C@@H]2CC(F)(F)CN2C(=O)[C@H](Cc2ccc(O)cc2)NC(=O)[C@H](Cc2cnc[nH]2)NC(=O)[C@H](CC(=O)O)NC(=O)[C@H](CC2CNC3CCC(F)CC23C2CCCCCCC2)NC(=O)[C@H](CC2(C3CCCCCCC3)CNc3ccc(F)cc32)NC(=O)CNC1=O. The lowest BCUT2D eigenvalue weighted by molar-refractivity contribution is -0.143. The number of carbonyl (C=O) groups is 11. The topological polar surface area (TPSA) is 432 Å². The molecule has 4 aliphatic heterocycles. The molecule has 2 bridgehead atoms. The fourth-order valence-electron chi connectivity index (χ4n) is 19.1. The van der Waals surface area contributed by atoms with Crippen LogP contribution < -0.4 is 64.6 Å². The molecule has 34 heteroatoms. The molecule has 7 aliphatic rings. The number of rotatable bonds is 17. The summed E-state index contributed by atoms with van der Waals surface area (Å²) in [7, 11) is 0. The number of nitrogens with two attached hydrogens (primary N) is 2. The fourth-order valence-corrected chi connectivity index (χ4v) is 21.0. The quantitative estimate of drug-likeness (QED) is 0.0401. The molecule has 644 valence electrons. The van der Waals surface area contributed by atoms with Gasteiger partial charge in [-0.2, -0.15) is 23.5 Å². The lowest BCUT2D eigenvalue weighted by Gasteiger charge is -2.50. The summed E-state index contributed by atoms with van der Waals surface area (Å²) in [5, 5.41) is 49.9. The van der Waals surface area contributed by atoms with Gasteiger partial charge in [0.2, 0.25) is 59.1 Å². The molecule has 28 nitrogen and oxygen atoms in total. The molecule has 1 aromatic heterocycles. The van der Waals surface area contributed by atoms with Crippen LogP contribution in [0, 0.1) is 29.0 Å². The molecule has 118 heavy (non-hydrogen) atoms. The van der Waals surface area contributed by atoms with Crippen molar-refractivity contribution >= 4 is 94.3 Å². The van der Waals surface area contributed by atoms with Gasteiger partial charge in [0.05, 0.1) is 25.8 Å². The van der Waals surface area contributed by atoms with Crippen LogP contribution in [0.25, 0.3) is 0 Å². The number of phenolic OH excluding ortho intramolecular Hbond substituents is 1. The van der Waals surface area contributed by atoms with Crippen molar-refractivity contribution in [3.05, 3.63) is 113 Å². The minimum absolute atomic E-state index is 0.0142. The van der Waals surface area contributed by atoms with Gasteiger partial charge < -0.3 is 84.7 Å². The molecule has 3 aliphatic carbocycles. The summed E-state index contributed by atoms with van der Waals surface area (Å²) >= 11 is 2.64. The monoisotopic (exact) mass is 1680 g/mol. The summed E-state index contributed by atoms with van der Waals surface area (Å²) < 4.78 is 64.6. The Morgan fingerprint density at radius 1 is 0.644 bits per heavy atom. The molecule has 10 amide bonds. The van der Waals surface area contributed by atoms with E-state index in [-0.39, 0.29) is 98.0 Å². The van der Waals surface area contributed by atoms with Gasteiger partial charge in [-0.25, -0.2) is 22.5 Å². The number of benzene rings is 3. The Kier molecular flexibility index (Phi) is 32.2. The summed E-state index contributed by atoms with van der Waals surface area (Å²) in [6.07, 6.45) is 11.5. The second kappa shape index (κ2) is 42.3. The van der Waals surface area contributed by atoms with Crippen molar-refractivity contribution in [3.63, 3.8) is 0 Å². The second-order valence-corrected chi connectivity index (χ2v) is 35.4. The number of nitrogens with one attached hydrogen (secondary N) is 11. The van der Waals surface area contributed by atoms with Gasteiger partial charge in [0.25, 0.3) is 5.92 Å². The number of primary amides is 1. The number of thioether (sulfide) groups is 2. The Balaban J connectivity index is 0.979. The van der Waals surface area contributed by atoms with Crippen molar-refractivity contribution in [2.45, 2.75) is 257 Å². The summed E-state index contributed by atoms with van der Waals surface area (Å²) in [6.45, 7) is -1.29. The molecule has 13 atom stereocenters. The van der Waals surface area contributed by atoms with Crippen molar-refractivity contribution in [1.29, 1.82) is 0 Å². The van der Waals surface area contributed by atoms with Crippen LogP contribution in [0.3, 0.4) is 0 Å². The first-order valence-electron chi connectivity index (χ1n) is 41.9. The third-order valence-electron chi connectivity index (χ3n) is 25.0. The first kappa shape index (κ1) is 89.8. The summed E-state index contributed by atoms with van der Waals surface area (Å²) in [6, 6.07) is 3.39. The van der Waals surface area contributed by atoms with Gasteiger partial charge in [-0.05, 0) is 166 Å². The summed E-state index contributed by atoms with van der Waals surface area (Å²) in [5.41, 5.74) is 13.2. The average Bonchev–Trinajstić information content (AvgIpc) is 1.28. The van der Waals surface area contributed by atoms with Crippen molar-refractivity contribution in [2.75, 3.05) is 49.5 Å². The van der Waals surface area contributed by atoms with Crippen molar-refractivity contribution < 1.29 is 80.5 Å². The fraction of sp³-hybridized carbons (Fsp3) is 0.619. The van der Waals surface area contributed by atoms with E-state index >= 15 is 46.3 Å². The highest BCUT2D eigenvalue weighted by atomic mass is 32.2. The highest BCUT2D eigenvalue weighted by Crippen LogP contribution is 2.57. The zero-order valence-electron chi connectivity index (χ0n) is 66.7. The predicted molar refractivity (Wildman–Crippen MR) is 437 cm³/mol. The molecule has 3 aromatic carbocycles. The molecule has 2 saturated heterocycles.